The molecule has 0 aliphatic carbocycles. The monoisotopic (exact) mass is 273 g/mol. The summed E-state index contributed by atoms with van der Waals surface area (Å²) in [5.41, 5.74) is 0. The SMILES string of the molecule is CC(C)NCc1nnc(-c2sccc2Cl)s1. The topological polar surface area (TPSA) is 37.8 Å². The van der Waals surface area contributed by atoms with Gasteiger partial charge >= 0.3 is 0 Å². The molecule has 2 rings (SSSR count). The van der Waals surface area contributed by atoms with Crippen LogP contribution in [0.25, 0.3) is 9.88 Å². The minimum atomic E-state index is 0.456. The molecule has 0 aromatic carbocycles. The summed E-state index contributed by atoms with van der Waals surface area (Å²) in [7, 11) is 0. The Bertz CT molecular complexity index is 464. The van der Waals surface area contributed by atoms with E-state index in [1.165, 1.54) is 0 Å². The molecule has 0 aliphatic rings. The number of aromatic nitrogens is 2. The predicted octanol–water partition coefficient (Wildman–Crippen LogP) is 3.42. The van der Waals surface area contributed by atoms with Crippen molar-refractivity contribution in [2.45, 2.75) is 26.4 Å². The molecule has 0 spiro atoms. The van der Waals surface area contributed by atoms with Crippen molar-refractivity contribution >= 4 is 34.3 Å². The highest BCUT2D eigenvalue weighted by atomic mass is 35.5. The van der Waals surface area contributed by atoms with Crippen LogP contribution in [-0.2, 0) is 6.54 Å². The summed E-state index contributed by atoms with van der Waals surface area (Å²) in [6.07, 6.45) is 0. The van der Waals surface area contributed by atoms with Crippen molar-refractivity contribution in [2.24, 2.45) is 0 Å². The van der Waals surface area contributed by atoms with E-state index >= 15 is 0 Å². The fourth-order valence-electron chi connectivity index (χ4n) is 1.15. The number of nitrogens with zero attached hydrogens (tertiary/aromatic N) is 2. The third kappa shape index (κ3) is 2.79. The second-order valence-electron chi connectivity index (χ2n) is 3.63. The number of rotatable bonds is 4. The van der Waals surface area contributed by atoms with E-state index in [0.29, 0.717) is 6.04 Å². The van der Waals surface area contributed by atoms with Crippen LogP contribution in [0.2, 0.25) is 5.02 Å². The molecule has 6 heteroatoms. The van der Waals surface area contributed by atoms with E-state index in [0.717, 1.165) is 26.5 Å². The molecule has 0 saturated heterocycles. The predicted molar refractivity (Wildman–Crippen MR) is 70.2 cm³/mol. The number of halogens is 1. The second-order valence-corrected chi connectivity index (χ2v) is 6.02. The Hall–Kier alpha value is -0.490. The van der Waals surface area contributed by atoms with Crippen LogP contribution < -0.4 is 5.32 Å². The lowest BCUT2D eigenvalue weighted by Gasteiger charge is -2.03. The summed E-state index contributed by atoms with van der Waals surface area (Å²) in [6, 6.07) is 2.34. The van der Waals surface area contributed by atoms with E-state index in [1.807, 2.05) is 11.4 Å². The zero-order valence-electron chi connectivity index (χ0n) is 9.03. The molecule has 0 aliphatic heterocycles. The first-order valence-corrected chi connectivity index (χ1v) is 7.03. The summed E-state index contributed by atoms with van der Waals surface area (Å²) in [4.78, 5) is 1.01. The van der Waals surface area contributed by atoms with Crippen molar-refractivity contribution in [1.82, 2.24) is 15.5 Å². The Morgan fingerprint density at radius 1 is 1.44 bits per heavy atom. The number of hydrogen-bond donors (Lipinski definition) is 1. The Kier molecular flexibility index (Phi) is 3.91. The minimum absolute atomic E-state index is 0.456. The highest BCUT2D eigenvalue weighted by Gasteiger charge is 2.11. The zero-order valence-corrected chi connectivity index (χ0v) is 11.4. The molecule has 2 aromatic rings. The number of hydrogen-bond acceptors (Lipinski definition) is 5. The average molecular weight is 274 g/mol. The number of nitrogens with one attached hydrogen (secondary N) is 1. The van der Waals surface area contributed by atoms with Gasteiger partial charge in [0.15, 0.2) is 5.01 Å². The maximum atomic E-state index is 6.04. The summed E-state index contributed by atoms with van der Waals surface area (Å²) in [5.74, 6) is 0. The van der Waals surface area contributed by atoms with Crippen molar-refractivity contribution in [3.05, 3.63) is 21.5 Å². The molecule has 1 N–H and O–H groups in total. The van der Waals surface area contributed by atoms with E-state index in [9.17, 15) is 0 Å². The molecule has 0 atom stereocenters. The first-order valence-electron chi connectivity index (χ1n) is 4.96. The first kappa shape index (κ1) is 12.0. The molecule has 0 bridgehead atoms. The molecular formula is C10H12ClN3S2. The van der Waals surface area contributed by atoms with E-state index in [1.54, 1.807) is 22.7 Å². The smallest absolute Gasteiger partial charge is 0.159 e. The molecule has 0 fully saturated rings. The van der Waals surface area contributed by atoms with Crippen molar-refractivity contribution < 1.29 is 0 Å². The molecule has 2 heterocycles. The molecule has 0 saturated carbocycles. The molecule has 2 aromatic heterocycles. The normalized spacial score (nSPS) is 11.2. The van der Waals surface area contributed by atoms with Crippen LogP contribution >= 0.6 is 34.3 Å². The van der Waals surface area contributed by atoms with Gasteiger partial charge in [0.1, 0.15) is 5.01 Å². The Morgan fingerprint density at radius 2 is 2.25 bits per heavy atom. The van der Waals surface area contributed by atoms with Gasteiger partial charge in [-0.2, -0.15) is 0 Å². The van der Waals surface area contributed by atoms with Gasteiger partial charge in [-0.1, -0.05) is 36.8 Å². The lowest BCUT2D eigenvalue weighted by atomic mass is 10.4. The molecule has 0 amide bonds. The van der Waals surface area contributed by atoms with E-state index in [2.05, 4.69) is 29.4 Å². The van der Waals surface area contributed by atoms with Crippen molar-refractivity contribution in [3.8, 4) is 9.88 Å². The average Bonchev–Trinajstić information content (AvgIpc) is 2.83. The van der Waals surface area contributed by atoms with Crippen LogP contribution in [0.5, 0.6) is 0 Å². The Balaban J connectivity index is 2.11. The second kappa shape index (κ2) is 5.23. The van der Waals surface area contributed by atoms with Crippen LogP contribution in [0.1, 0.15) is 18.9 Å². The van der Waals surface area contributed by atoms with Gasteiger partial charge in [0.2, 0.25) is 0 Å². The molecule has 0 unspecified atom stereocenters. The fraction of sp³-hybridized carbons (Fsp3) is 0.400. The summed E-state index contributed by atoms with van der Waals surface area (Å²) >= 11 is 9.23. The van der Waals surface area contributed by atoms with Crippen LogP contribution in [0.15, 0.2) is 11.4 Å². The van der Waals surface area contributed by atoms with E-state index in [4.69, 9.17) is 11.6 Å². The lowest BCUT2D eigenvalue weighted by Crippen LogP contribution is -2.21. The zero-order chi connectivity index (χ0) is 11.5. The van der Waals surface area contributed by atoms with Gasteiger partial charge < -0.3 is 5.32 Å². The van der Waals surface area contributed by atoms with Crippen LogP contribution in [0.3, 0.4) is 0 Å². The molecule has 3 nitrogen and oxygen atoms in total. The first-order chi connectivity index (χ1) is 7.66. The van der Waals surface area contributed by atoms with Crippen LogP contribution in [0, 0.1) is 0 Å². The highest BCUT2D eigenvalue weighted by molar-refractivity contribution is 7.21. The Labute approximate surface area is 107 Å². The van der Waals surface area contributed by atoms with Gasteiger partial charge in [0.25, 0.3) is 0 Å². The molecule has 86 valence electrons. The van der Waals surface area contributed by atoms with E-state index < -0.39 is 0 Å². The number of thiophene rings is 1. The van der Waals surface area contributed by atoms with Crippen molar-refractivity contribution in [1.29, 1.82) is 0 Å². The van der Waals surface area contributed by atoms with Gasteiger partial charge in [-0.3, -0.25) is 0 Å². The summed E-state index contributed by atoms with van der Waals surface area (Å²) in [5, 5.41) is 16.2. The fourth-order valence-corrected chi connectivity index (χ4v) is 3.25. The van der Waals surface area contributed by atoms with Gasteiger partial charge in [0.05, 0.1) is 9.90 Å². The van der Waals surface area contributed by atoms with Crippen molar-refractivity contribution in [3.63, 3.8) is 0 Å². The lowest BCUT2D eigenvalue weighted by molar-refractivity contribution is 0.585. The molecular weight excluding hydrogens is 262 g/mol. The van der Waals surface area contributed by atoms with Crippen LogP contribution in [0.4, 0.5) is 0 Å². The van der Waals surface area contributed by atoms with Crippen molar-refractivity contribution in [2.75, 3.05) is 0 Å². The van der Waals surface area contributed by atoms with Gasteiger partial charge in [-0.15, -0.1) is 21.5 Å². The minimum Gasteiger partial charge on any atom is -0.308 e. The molecule has 16 heavy (non-hydrogen) atoms. The third-order valence-corrected chi connectivity index (χ3v) is 4.36. The van der Waals surface area contributed by atoms with Gasteiger partial charge in [-0.05, 0) is 11.4 Å². The van der Waals surface area contributed by atoms with Crippen LogP contribution in [-0.4, -0.2) is 16.2 Å². The standard InChI is InChI=1S/C10H12ClN3S2/c1-6(2)12-5-8-13-14-10(16-8)9-7(11)3-4-15-9/h3-4,6,12H,5H2,1-2H3. The molecule has 0 radical (unpaired) electrons. The summed E-state index contributed by atoms with van der Waals surface area (Å²) in [6.45, 7) is 4.98. The largest absolute Gasteiger partial charge is 0.308 e. The maximum absolute atomic E-state index is 6.04. The highest BCUT2D eigenvalue weighted by Crippen LogP contribution is 2.34. The van der Waals surface area contributed by atoms with Gasteiger partial charge in [-0.25, -0.2) is 0 Å². The van der Waals surface area contributed by atoms with E-state index in [-0.39, 0.29) is 0 Å². The quantitative estimate of drug-likeness (QED) is 0.928. The van der Waals surface area contributed by atoms with Gasteiger partial charge in [0, 0.05) is 12.6 Å². The summed E-state index contributed by atoms with van der Waals surface area (Å²) < 4.78 is 0. The Morgan fingerprint density at radius 3 is 2.88 bits per heavy atom. The maximum Gasteiger partial charge on any atom is 0.159 e. The third-order valence-electron chi connectivity index (χ3n) is 1.94.